The molecule has 14 heavy (non-hydrogen) atoms. The van der Waals surface area contributed by atoms with Gasteiger partial charge in [0.2, 0.25) is 0 Å². The molecule has 0 aromatic heterocycles. The Kier molecular flexibility index (Phi) is 4.10. The number of rotatable bonds is 1. The van der Waals surface area contributed by atoms with Crippen LogP contribution in [-0.4, -0.2) is 0 Å². The molecule has 0 amide bonds. The number of benzene rings is 2. The van der Waals surface area contributed by atoms with Crippen molar-refractivity contribution in [2.24, 2.45) is 0 Å². The molecule has 0 radical (unpaired) electrons. The standard InChI is InChI=1S/C13H11.W/c1-11-6-5-9-13(10-11)12-7-3-2-4-8-12;/h3-10H,1H3;/q-1;. The van der Waals surface area contributed by atoms with Gasteiger partial charge in [0, 0.05) is 21.1 Å². The predicted octanol–water partition coefficient (Wildman–Crippen LogP) is 3.46. The summed E-state index contributed by atoms with van der Waals surface area (Å²) < 4.78 is 0. The molecule has 0 fully saturated rings. The van der Waals surface area contributed by atoms with E-state index < -0.39 is 0 Å². The fourth-order valence-corrected chi connectivity index (χ4v) is 1.40. The number of aryl methyl sites for hydroxylation is 1. The van der Waals surface area contributed by atoms with Gasteiger partial charge in [0.05, 0.1) is 0 Å². The molecule has 0 saturated carbocycles. The van der Waals surface area contributed by atoms with Gasteiger partial charge in [-0.1, -0.05) is 29.8 Å². The van der Waals surface area contributed by atoms with Crippen LogP contribution in [0.25, 0.3) is 11.1 Å². The molecule has 0 spiro atoms. The predicted molar refractivity (Wildman–Crippen MR) is 55.5 cm³/mol. The molecule has 0 aliphatic rings. The topological polar surface area (TPSA) is 0 Å². The first-order chi connectivity index (χ1) is 6.36. The molecule has 0 aliphatic carbocycles. The first kappa shape index (κ1) is 11.2. The Balaban J connectivity index is 0.000000980. The van der Waals surface area contributed by atoms with Crippen LogP contribution in [0.3, 0.4) is 0 Å². The van der Waals surface area contributed by atoms with Crippen LogP contribution in [0.15, 0.2) is 48.5 Å². The van der Waals surface area contributed by atoms with E-state index in [1.165, 1.54) is 16.7 Å². The molecule has 0 bridgehead atoms. The zero-order valence-corrected chi connectivity index (χ0v) is 11.0. The average molecular weight is 351 g/mol. The summed E-state index contributed by atoms with van der Waals surface area (Å²) in [7, 11) is 0. The quantitative estimate of drug-likeness (QED) is 0.691. The third kappa shape index (κ3) is 2.56. The van der Waals surface area contributed by atoms with E-state index in [4.69, 9.17) is 0 Å². The summed E-state index contributed by atoms with van der Waals surface area (Å²) in [6.07, 6.45) is 0. The fourth-order valence-electron chi connectivity index (χ4n) is 1.40. The maximum absolute atomic E-state index is 3.02. The Bertz CT molecular complexity index is 393. The van der Waals surface area contributed by atoms with Crippen LogP contribution in [0.2, 0.25) is 0 Å². The van der Waals surface area contributed by atoms with Gasteiger partial charge in [-0.05, 0) is 12.5 Å². The second-order valence-electron chi connectivity index (χ2n) is 3.16. The zero-order valence-electron chi connectivity index (χ0n) is 8.03. The molecule has 0 N–H and O–H groups in total. The third-order valence-corrected chi connectivity index (χ3v) is 2.07. The van der Waals surface area contributed by atoms with Crippen molar-refractivity contribution in [2.75, 3.05) is 0 Å². The first-order valence-corrected chi connectivity index (χ1v) is 4.39. The minimum atomic E-state index is 0. The molecule has 2 aromatic rings. The Morgan fingerprint density at radius 3 is 2.29 bits per heavy atom. The van der Waals surface area contributed by atoms with Gasteiger partial charge >= 0.3 is 0 Å². The van der Waals surface area contributed by atoms with Crippen LogP contribution in [0, 0.1) is 13.0 Å². The van der Waals surface area contributed by atoms with E-state index in [-0.39, 0.29) is 21.1 Å². The van der Waals surface area contributed by atoms with E-state index >= 15 is 0 Å². The molecule has 70 valence electrons. The maximum Gasteiger partial charge on any atom is 0 e. The SMILES string of the molecule is Cc1cccc(-c2cc[c-]cc2)c1.[W]. The Labute approximate surface area is 99.2 Å². The smallest absolute Gasteiger partial charge is 0 e. The summed E-state index contributed by atoms with van der Waals surface area (Å²) in [5.74, 6) is 0. The molecule has 1 heteroatoms. The molecular formula is C13H11W-. The summed E-state index contributed by atoms with van der Waals surface area (Å²) in [5.41, 5.74) is 3.82. The molecule has 0 unspecified atom stereocenters. The zero-order chi connectivity index (χ0) is 9.10. The summed E-state index contributed by atoms with van der Waals surface area (Å²) in [6.45, 7) is 2.11. The summed E-state index contributed by atoms with van der Waals surface area (Å²) in [4.78, 5) is 0. The first-order valence-electron chi connectivity index (χ1n) is 4.39. The summed E-state index contributed by atoms with van der Waals surface area (Å²) >= 11 is 0. The molecule has 0 nitrogen and oxygen atoms in total. The second-order valence-corrected chi connectivity index (χ2v) is 3.16. The van der Waals surface area contributed by atoms with Crippen molar-refractivity contribution in [2.45, 2.75) is 6.92 Å². The van der Waals surface area contributed by atoms with Crippen LogP contribution >= 0.6 is 0 Å². The van der Waals surface area contributed by atoms with E-state index in [1.54, 1.807) is 0 Å². The van der Waals surface area contributed by atoms with Crippen molar-refractivity contribution >= 4 is 0 Å². The summed E-state index contributed by atoms with van der Waals surface area (Å²) in [6, 6.07) is 19.6. The third-order valence-electron chi connectivity index (χ3n) is 2.07. The van der Waals surface area contributed by atoms with Gasteiger partial charge in [0.15, 0.2) is 0 Å². The van der Waals surface area contributed by atoms with Crippen LogP contribution < -0.4 is 0 Å². The van der Waals surface area contributed by atoms with E-state index in [2.05, 4.69) is 49.4 Å². The van der Waals surface area contributed by atoms with Gasteiger partial charge in [0.25, 0.3) is 0 Å². The van der Waals surface area contributed by atoms with E-state index in [0.29, 0.717) is 0 Å². The van der Waals surface area contributed by atoms with Crippen LogP contribution in [-0.2, 0) is 21.1 Å². The van der Waals surface area contributed by atoms with Crippen molar-refractivity contribution in [1.82, 2.24) is 0 Å². The molecule has 0 aliphatic heterocycles. The molecule has 2 rings (SSSR count). The van der Waals surface area contributed by atoms with Crippen molar-refractivity contribution < 1.29 is 21.1 Å². The van der Waals surface area contributed by atoms with Gasteiger partial charge < -0.3 is 0 Å². The summed E-state index contributed by atoms with van der Waals surface area (Å²) in [5, 5.41) is 0. The van der Waals surface area contributed by atoms with Gasteiger partial charge in [0.1, 0.15) is 0 Å². The van der Waals surface area contributed by atoms with Crippen molar-refractivity contribution in [3.63, 3.8) is 0 Å². The van der Waals surface area contributed by atoms with Crippen molar-refractivity contribution in [3.05, 3.63) is 60.2 Å². The largest absolute Gasteiger partial charge is 0.184 e. The normalized spacial score (nSPS) is 9.21. The van der Waals surface area contributed by atoms with E-state index in [0.717, 1.165) is 0 Å². The van der Waals surface area contributed by atoms with E-state index in [1.807, 2.05) is 12.1 Å². The van der Waals surface area contributed by atoms with Gasteiger partial charge in [-0.25, -0.2) is 0 Å². The van der Waals surface area contributed by atoms with Crippen molar-refractivity contribution in [3.8, 4) is 11.1 Å². The monoisotopic (exact) mass is 351 g/mol. The van der Waals surface area contributed by atoms with E-state index in [9.17, 15) is 0 Å². The molecule has 0 heterocycles. The van der Waals surface area contributed by atoms with Gasteiger partial charge in [-0.3, -0.25) is 0 Å². The average Bonchev–Trinajstić information content (AvgIpc) is 2.19. The number of hydrogen-bond acceptors (Lipinski definition) is 0. The Morgan fingerprint density at radius 2 is 1.64 bits per heavy atom. The molecule has 0 atom stereocenters. The van der Waals surface area contributed by atoms with Gasteiger partial charge in [-0.2, -0.15) is 30.3 Å². The minimum Gasteiger partial charge on any atom is -0.184 e. The Morgan fingerprint density at radius 1 is 0.929 bits per heavy atom. The Hall–Kier alpha value is -0.872. The fraction of sp³-hybridized carbons (Fsp3) is 0.0769. The van der Waals surface area contributed by atoms with Crippen LogP contribution in [0.4, 0.5) is 0 Å². The molecule has 0 saturated heterocycles. The maximum atomic E-state index is 3.02. The minimum absolute atomic E-state index is 0. The van der Waals surface area contributed by atoms with Crippen molar-refractivity contribution in [1.29, 1.82) is 0 Å². The second kappa shape index (κ2) is 5.12. The van der Waals surface area contributed by atoms with Crippen LogP contribution in [0.1, 0.15) is 5.56 Å². The molecular weight excluding hydrogens is 340 g/mol. The number of hydrogen-bond donors (Lipinski definition) is 0. The molecule has 2 aromatic carbocycles. The van der Waals surface area contributed by atoms with Crippen LogP contribution in [0.5, 0.6) is 0 Å². The van der Waals surface area contributed by atoms with Gasteiger partial charge in [-0.15, -0.1) is 5.56 Å².